The van der Waals surface area contributed by atoms with E-state index in [4.69, 9.17) is 9.68 Å². The van der Waals surface area contributed by atoms with Crippen molar-refractivity contribution in [2.75, 3.05) is 24.7 Å². The quantitative estimate of drug-likeness (QED) is 0.511. The van der Waals surface area contributed by atoms with Crippen LogP contribution in [-0.2, 0) is 9.68 Å². The van der Waals surface area contributed by atoms with Gasteiger partial charge in [0, 0.05) is 61.2 Å². The van der Waals surface area contributed by atoms with Crippen LogP contribution < -0.4 is 10.6 Å². The molecule has 0 spiro atoms. The molecule has 2 amide bonds. The van der Waals surface area contributed by atoms with E-state index in [1.54, 1.807) is 24.3 Å². The first kappa shape index (κ1) is 22.8. The Morgan fingerprint density at radius 2 is 1.15 bits per heavy atom. The molecule has 4 unspecified atom stereocenters. The maximum absolute atomic E-state index is 12.2. The second-order valence-electron chi connectivity index (χ2n) is 9.82. The molecule has 4 bridgehead atoms. The Labute approximate surface area is 199 Å². The zero-order chi connectivity index (χ0) is 23.7. The Kier molecular flexibility index (Phi) is 6.51. The highest BCUT2D eigenvalue weighted by molar-refractivity contribution is 5.91. The largest absolute Gasteiger partial charge is 0.437 e. The molecule has 4 aliphatic heterocycles. The number of hydrogen-bond donors (Lipinski definition) is 2. The van der Waals surface area contributed by atoms with Gasteiger partial charge < -0.3 is 0 Å². The molecule has 4 saturated heterocycles. The van der Waals surface area contributed by atoms with Crippen LogP contribution >= 0.6 is 0 Å². The van der Waals surface area contributed by atoms with Crippen LogP contribution in [0.3, 0.4) is 0 Å². The van der Waals surface area contributed by atoms with Gasteiger partial charge in [-0.1, -0.05) is 16.4 Å². The van der Waals surface area contributed by atoms with E-state index in [0.29, 0.717) is 35.5 Å². The number of nitrogens with zero attached hydrogens (tertiary/aromatic N) is 4. The maximum Gasteiger partial charge on any atom is 0.437 e. The fraction of sp³-hybridized carbons (Fsp3) is 0.583. The van der Waals surface area contributed by atoms with Crippen LogP contribution in [0.2, 0.25) is 0 Å². The van der Waals surface area contributed by atoms with E-state index in [1.807, 2.05) is 0 Å². The van der Waals surface area contributed by atoms with Gasteiger partial charge in [-0.15, -0.1) is 0 Å². The van der Waals surface area contributed by atoms with Crippen LogP contribution in [0.25, 0.3) is 0 Å². The van der Waals surface area contributed by atoms with E-state index in [-0.39, 0.29) is 0 Å². The number of carbonyl (C=O) groups excluding carboxylic acids is 2. The van der Waals surface area contributed by atoms with E-state index >= 15 is 0 Å². The van der Waals surface area contributed by atoms with E-state index in [2.05, 4.69) is 44.8 Å². The number of amides is 2. The van der Waals surface area contributed by atoms with Crippen molar-refractivity contribution in [3.8, 4) is 0 Å². The fourth-order valence-corrected chi connectivity index (χ4v) is 5.74. The third kappa shape index (κ3) is 5.07. The zero-order valence-electron chi connectivity index (χ0n) is 19.7. The first-order valence-electron chi connectivity index (χ1n) is 12.1. The third-order valence-corrected chi connectivity index (χ3v) is 7.73. The highest BCUT2D eigenvalue weighted by Crippen LogP contribution is 2.33. The molecule has 10 heteroatoms. The Hall–Kier alpha value is -2.98. The SMILES string of the molecule is CN1C2CCC1CC(=NOC(=O)Nc1cccc(NC(=O)ON=C3CC4CCC(C3)N4C)c1)C2. The molecule has 0 aromatic heterocycles. The van der Waals surface area contributed by atoms with Gasteiger partial charge in [0.05, 0.1) is 11.4 Å². The number of carbonyl (C=O) groups is 2. The summed E-state index contributed by atoms with van der Waals surface area (Å²) in [7, 11) is 4.29. The molecule has 1 aromatic rings. The summed E-state index contributed by atoms with van der Waals surface area (Å²) in [6.45, 7) is 0. The van der Waals surface area contributed by atoms with Crippen molar-refractivity contribution in [3.05, 3.63) is 24.3 Å². The number of oxime groups is 2. The van der Waals surface area contributed by atoms with Crippen LogP contribution in [-0.4, -0.2) is 71.7 Å². The number of nitrogens with one attached hydrogen (secondary N) is 2. The Bertz CT molecular complexity index is 904. The average Bonchev–Trinajstić information content (AvgIpc) is 3.15. The number of hydrogen-bond acceptors (Lipinski definition) is 8. The van der Waals surface area contributed by atoms with Crippen LogP contribution in [0.1, 0.15) is 51.4 Å². The van der Waals surface area contributed by atoms with Gasteiger partial charge in [-0.3, -0.25) is 30.1 Å². The number of benzene rings is 1. The lowest BCUT2D eigenvalue weighted by molar-refractivity contribution is 0.162. The van der Waals surface area contributed by atoms with Gasteiger partial charge >= 0.3 is 12.2 Å². The van der Waals surface area contributed by atoms with Crippen molar-refractivity contribution in [2.45, 2.75) is 75.5 Å². The van der Waals surface area contributed by atoms with Gasteiger partial charge in [0.2, 0.25) is 0 Å². The van der Waals surface area contributed by atoms with E-state index < -0.39 is 12.2 Å². The summed E-state index contributed by atoms with van der Waals surface area (Å²) in [6.07, 6.45) is 6.68. The van der Waals surface area contributed by atoms with Crippen molar-refractivity contribution in [2.24, 2.45) is 10.3 Å². The molecule has 4 atom stereocenters. The molecule has 5 rings (SSSR count). The molecule has 4 aliphatic rings. The minimum Gasteiger partial charge on any atom is -0.300 e. The van der Waals surface area contributed by atoms with Gasteiger partial charge in [-0.05, 0) is 58.0 Å². The van der Waals surface area contributed by atoms with Crippen molar-refractivity contribution in [1.82, 2.24) is 9.80 Å². The summed E-state index contributed by atoms with van der Waals surface area (Å²) in [6, 6.07) is 8.71. The lowest BCUT2D eigenvalue weighted by Crippen LogP contribution is -2.40. The van der Waals surface area contributed by atoms with Crippen LogP contribution in [0.15, 0.2) is 34.6 Å². The summed E-state index contributed by atoms with van der Waals surface area (Å²) in [5.41, 5.74) is 2.81. The number of fused-ring (bicyclic) bond motifs is 4. The second-order valence-corrected chi connectivity index (χ2v) is 9.82. The van der Waals surface area contributed by atoms with E-state index in [1.165, 1.54) is 25.7 Å². The molecule has 4 fully saturated rings. The highest BCUT2D eigenvalue weighted by Gasteiger charge is 2.38. The van der Waals surface area contributed by atoms with Crippen molar-refractivity contribution in [3.63, 3.8) is 0 Å². The lowest BCUT2D eigenvalue weighted by Gasteiger charge is -2.31. The van der Waals surface area contributed by atoms with Gasteiger partial charge in [-0.2, -0.15) is 0 Å². The fourth-order valence-electron chi connectivity index (χ4n) is 5.74. The van der Waals surface area contributed by atoms with E-state index in [0.717, 1.165) is 37.1 Å². The number of anilines is 2. The summed E-state index contributed by atoms with van der Waals surface area (Å²) in [5.74, 6) is 0. The van der Waals surface area contributed by atoms with Crippen LogP contribution in [0.4, 0.5) is 21.0 Å². The second kappa shape index (κ2) is 9.71. The first-order chi connectivity index (χ1) is 16.4. The Morgan fingerprint density at radius 1 is 0.765 bits per heavy atom. The molecule has 34 heavy (non-hydrogen) atoms. The highest BCUT2D eigenvalue weighted by atomic mass is 16.7. The summed E-state index contributed by atoms with van der Waals surface area (Å²) >= 11 is 0. The summed E-state index contributed by atoms with van der Waals surface area (Å²) in [4.78, 5) is 39.4. The molecule has 10 nitrogen and oxygen atoms in total. The molecule has 0 radical (unpaired) electrons. The molecule has 2 N–H and O–H groups in total. The lowest BCUT2D eigenvalue weighted by atomic mass is 10.0. The number of rotatable bonds is 4. The average molecular weight is 469 g/mol. The van der Waals surface area contributed by atoms with Gasteiger partial charge in [0.1, 0.15) is 0 Å². The van der Waals surface area contributed by atoms with Crippen molar-refractivity contribution < 1.29 is 19.3 Å². The van der Waals surface area contributed by atoms with Gasteiger partial charge in [0.15, 0.2) is 0 Å². The van der Waals surface area contributed by atoms with E-state index in [9.17, 15) is 9.59 Å². The molecule has 1 aromatic carbocycles. The van der Waals surface area contributed by atoms with Crippen LogP contribution in [0.5, 0.6) is 0 Å². The normalized spacial score (nSPS) is 28.4. The maximum atomic E-state index is 12.2. The predicted octanol–water partition coefficient (Wildman–Crippen LogP) is 4.01. The topological polar surface area (TPSA) is 108 Å². The van der Waals surface area contributed by atoms with Crippen molar-refractivity contribution in [1.29, 1.82) is 0 Å². The Balaban J connectivity index is 1.10. The smallest absolute Gasteiger partial charge is 0.300 e. The number of piperidine rings is 2. The molecular weight excluding hydrogens is 436 g/mol. The minimum absolute atomic E-state index is 0.477. The molecule has 4 heterocycles. The Morgan fingerprint density at radius 3 is 1.53 bits per heavy atom. The molecule has 0 aliphatic carbocycles. The summed E-state index contributed by atoms with van der Waals surface area (Å²) in [5, 5.41) is 13.5. The monoisotopic (exact) mass is 468 g/mol. The van der Waals surface area contributed by atoms with Crippen LogP contribution in [0, 0.1) is 0 Å². The predicted molar refractivity (Wildman–Crippen MR) is 129 cm³/mol. The zero-order valence-corrected chi connectivity index (χ0v) is 19.7. The molecule has 0 saturated carbocycles. The van der Waals surface area contributed by atoms with Gasteiger partial charge in [0.25, 0.3) is 0 Å². The third-order valence-electron chi connectivity index (χ3n) is 7.73. The first-order valence-corrected chi connectivity index (χ1v) is 12.1. The van der Waals surface area contributed by atoms with Crippen molar-refractivity contribution >= 4 is 35.0 Å². The minimum atomic E-state index is -0.665. The molecular formula is C24H32N6O4. The van der Waals surface area contributed by atoms with Gasteiger partial charge in [-0.25, -0.2) is 9.59 Å². The summed E-state index contributed by atoms with van der Waals surface area (Å²) < 4.78 is 0. The molecule has 182 valence electrons. The standard InChI is InChI=1S/C24H32N6O4/c1-29-19-6-7-20(29)12-17(11-19)27-33-23(31)25-15-4-3-5-16(10-15)26-24(32)34-28-18-13-21-8-9-22(14-18)30(21)2/h3-5,10,19-22H,6-9,11-14H2,1-2H3,(H,25,31)(H,26,32).